The van der Waals surface area contributed by atoms with Crippen LogP contribution in [0.2, 0.25) is 0 Å². The van der Waals surface area contributed by atoms with Gasteiger partial charge in [-0.05, 0) is 23.8 Å². The van der Waals surface area contributed by atoms with E-state index in [0.717, 1.165) is 33.1 Å². The molecule has 0 spiro atoms. The largest absolute Gasteiger partial charge is 0.354 e. The summed E-state index contributed by atoms with van der Waals surface area (Å²) in [6.45, 7) is 0. The van der Waals surface area contributed by atoms with Crippen LogP contribution in [0, 0.1) is 11.3 Å². The van der Waals surface area contributed by atoms with E-state index in [0.29, 0.717) is 5.69 Å². The number of H-pyrrole nitrogens is 2. The van der Waals surface area contributed by atoms with Gasteiger partial charge in [0.1, 0.15) is 11.8 Å². The van der Waals surface area contributed by atoms with Crippen LogP contribution in [0.25, 0.3) is 43.8 Å². The maximum absolute atomic E-state index is 9.52. The van der Waals surface area contributed by atoms with Crippen LogP contribution in [0.4, 0.5) is 0 Å². The third kappa shape index (κ3) is 1.71. The monoisotopic (exact) mass is 307 g/mol. The number of hydrogen-bond donors (Lipinski definition) is 2. The molecule has 0 amide bonds. The highest BCUT2D eigenvalue weighted by Gasteiger charge is 2.14. The number of para-hydroxylation sites is 2. The van der Waals surface area contributed by atoms with Gasteiger partial charge in [0.25, 0.3) is 0 Å². The Morgan fingerprint density at radius 3 is 2.12 bits per heavy atom. The fraction of sp³-hybridized carbons (Fsp3) is 0. The van der Waals surface area contributed by atoms with Crippen molar-refractivity contribution in [2.75, 3.05) is 0 Å². The van der Waals surface area contributed by atoms with Gasteiger partial charge < -0.3 is 9.97 Å². The van der Waals surface area contributed by atoms with E-state index >= 15 is 0 Å². The predicted octanol–water partition coefficient (Wildman–Crippen LogP) is 5.34. The first-order chi connectivity index (χ1) is 11.8. The summed E-state index contributed by atoms with van der Waals surface area (Å²) in [4.78, 5) is 6.69. The second-order valence-electron chi connectivity index (χ2n) is 5.96. The molecule has 5 aromatic rings. The van der Waals surface area contributed by atoms with Crippen molar-refractivity contribution in [3.8, 4) is 17.2 Å². The Balaban J connectivity index is 1.84. The van der Waals surface area contributed by atoms with Gasteiger partial charge >= 0.3 is 0 Å². The van der Waals surface area contributed by atoms with Gasteiger partial charge in [-0.1, -0.05) is 48.5 Å². The molecule has 0 radical (unpaired) electrons. The van der Waals surface area contributed by atoms with Crippen LogP contribution in [0.3, 0.4) is 0 Å². The highest BCUT2D eigenvalue weighted by molar-refractivity contribution is 6.09. The van der Waals surface area contributed by atoms with Crippen LogP contribution in [0.1, 0.15) is 5.69 Å². The minimum absolute atomic E-state index is 0.603. The number of benzene rings is 3. The minimum atomic E-state index is 0.603. The molecule has 0 aliphatic carbocycles. The molecular formula is C21H13N3. The zero-order valence-corrected chi connectivity index (χ0v) is 12.8. The van der Waals surface area contributed by atoms with Crippen molar-refractivity contribution < 1.29 is 0 Å². The number of aromatic nitrogens is 2. The number of aromatic amines is 2. The summed E-state index contributed by atoms with van der Waals surface area (Å²) in [5.41, 5.74) is 5.82. The molecule has 24 heavy (non-hydrogen) atoms. The van der Waals surface area contributed by atoms with Crippen LogP contribution in [0.15, 0.2) is 66.7 Å². The van der Waals surface area contributed by atoms with Crippen LogP contribution in [-0.4, -0.2) is 9.97 Å². The fourth-order valence-electron chi connectivity index (χ4n) is 3.54. The lowest BCUT2D eigenvalue weighted by atomic mass is 10.0. The van der Waals surface area contributed by atoms with Crippen LogP contribution in [-0.2, 0) is 0 Å². The van der Waals surface area contributed by atoms with Crippen LogP contribution in [0.5, 0.6) is 0 Å². The molecule has 2 aromatic heterocycles. The van der Waals surface area contributed by atoms with Crippen molar-refractivity contribution in [1.29, 1.82) is 5.26 Å². The van der Waals surface area contributed by atoms with E-state index in [1.54, 1.807) is 0 Å². The average Bonchev–Trinajstić information content (AvgIpc) is 3.18. The van der Waals surface area contributed by atoms with E-state index in [4.69, 9.17) is 0 Å². The van der Waals surface area contributed by atoms with Crippen LogP contribution >= 0.6 is 0 Å². The van der Waals surface area contributed by atoms with Gasteiger partial charge in [0, 0.05) is 38.3 Å². The van der Waals surface area contributed by atoms with Crippen molar-refractivity contribution in [2.24, 2.45) is 0 Å². The highest BCUT2D eigenvalue weighted by atomic mass is 14.7. The van der Waals surface area contributed by atoms with Crippen molar-refractivity contribution in [3.63, 3.8) is 0 Å². The second-order valence-corrected chi connectivity index (χ2v) is 5.96. The number of hydrogen-bond acceptors (Lipinski definition) is 1. The maximum atomic E-state index is 9.52. The molecule has 112 valence electrons. The summed E-state index contributed by atoms with van der Waals surface area (Å²) in [5.74, 6) is 0. The van der Waals surface area contributed by atoms with Gasteiger partial charge in [0.05, 0.1) is 0 Å². The zero-order chi connectivity index (χ0) is 16.1. The van der Waals surface area contributed by atoms with Crippen LogP contribution < -0.4 is 0 Å². The SMILES string of the molecule is N#Cc1[nH]c2ccccc2c1-c1ccc2c(c1)[nH]c1ccccc12. The predicted molar refractivity (Wildman–Crippen MR) is 97.8 cm³/mol. The van der Waals surface area contributed by atoms with Crippen molar-refractivity contribution in [2.45, 2.75) is 0 Å². The molecule has 0 aliphatic rings. The Kier molecular flexibility index (Phi) is 2.56. The van der Waals surface area contributed by atoms with Gasteiger partial charge in [-0.2, -0.15) is 5.26 Å². The molecule has 0 bridgehead atoms. The summed E-state index contributed by atoms with van der Waals surface area (Å²) in [6, 6.07) is 25.0. The Morgan fingerprint density at radius 2 is 1.33 bits per heavy atom. The summed E-state index contributed by atoms with van der Waals surface area (Å²) in [7, 11) is 0. The van der Waals surface area contributed by atoms with Gasteiger partial charge in [0.2, 0.25) is 0 Å². The van der Waals surface area contributed by atoms with E-state index in [-0.39, 0.29) is 0 Å². The number of fused-ring (bicyclic) bond motifs is 4. The molecule has 2 N–H and O–H groups in total. The average molecular weight is 307 g/mol. The summed E-state index contributed by atoms with van der Waals surface area (Å²) in [5, 5.41) is 13.0. The summed E-state index contributed by atoms with van der Waals surface area (Å²) in [6.07, 6.45) is 0. The fourth-order valence-corrected chi connectivity index (χ4v) is 3.54. The van der Waals surface area contributed by atoms with Crippen molar-refractivity contribution in [3.05, 3.63) is 72.4 Å². The molecule has 0 aliphatic heterocycles. The molecule has 0 saturated heterocycles. The van der Waals surface area contributed by atoms with E-state index in [9.17, 15) is 5.26 Å². The molecule has 0 saturated carbocycles. The number of rotatable bonds is 1. The lowest BCUT2D eigenvalue weighted by Crippen LogP contribution is -1.81. The quantitative estimate of drug-likeness (QED) is 0.431. The smallest absolute Gasteiger partial charge is 0.126 e. The molecule has 3 nitrogen and oxygen atoms in total. The van der Waals surface area contributed by atoms with Gasteiger partial charge in [-0.25, -0.2) is 0 Å². The summed E-state index contributed by atoms with van der Waals surface area (Å²) < 4.78 is 0. The van der Waals surface area contributed by atoms with Gasteiger partial charge in [-0.3, -0.25) is 0 Å². The third-order valence-corrected chi connectivity index (χ3v) is 4.61. The first-order valence-corrected chi connectivity index (χ1v) is 7.87. The lowest BCUT2D eigenvalue weighted by molar-refractivity contribution is 1.37. The minimum Gasteiger partial charge on any atom is -0.354 e. The number of nitrogens with zero attached hydrogens (tertiary/aromatic N) is 1. The lowest BCUT2D eigenvalue weighted by Gasteiger charge is -2.02. The van der Waals surface area contributed by atoms with Crippen molar-refractivity contribution in [1.82, 2.24) is 9.97 Å². The topological polar surface area (TPSA) is 55.4 Å². The molecule has 0 atom stereocenters. The van der Waals surface area contributed by atoms with E-state index in [1.165, 1.54) is 10.8 Å². The maximum Gasteiger partial charge on any atom is 0.126 e. The Labute approximate surface area is 138 Å². The zero-order valence-electron chi connectivity index (χ0n) is 12.8. The Bertz CT molecular complexity index is 1260. The molecule has 5 rings (SSSR count). The van der Waals surface area contributed by atoms with Gasteiger partial charge in [0.15, 0.2) is 0 Å². The molecule has 0 fully saturated rings. The van der Waals surface area contributed by atoms with E-state index in [2.05, 4.69) is 58.5 Å². The first kappa shape index (κ1) is 13.0. The Morgan fingerprint density at radius 1 is 0.667 bits per heavy atom. The normalized spacial score (nSPS) is 11.3. The van der Waals surface area contributed by atoms with E-state index < -0.39 is 0 Å². The molecular weight excluding hydrogens is 294 g/mol. The van der Waals surface area contributed by atoms with E-state index in [1.807, 2.05) is 24.3 Å². The molecule has 3 aromatic carbocycles. The molecule has 2 heterocycles. The number of nitriles is 1. The third-order valence-electron chi connectivity index (χ3n) is 4.61. The molecule has 0 unspecified atom stereocenters. The summed E-state index contributed by atoms with van der Waals surface area (Å²) >= 11 is 0. The molecule has 3 heteroatoms. The van der Waals surface area contributed by atoms with Crippen molar-refractivity contribution >= 4 is 32.7 Å². The Hall–Kier alpha value is -3.51. The highest BCUT2D eigenvalue weighted by Crippen LogP contribution is 2.35. The number of nitrogens with one attached hydrogen (secondary N) is 2. The van der Waals surface area contributed by atoms with Gasteiger partial charge in [-0.15, -0.1) is 0 Å². The first-order valence-electron chi connectivity index (χ1n) is 7.87. The standard InChI is InChI=1S/C21H13N3/c22-12-20-21(16-6-2-4-8-18(16)24-20)13-9-10-15-14-5-1-3-7-17(14)23-19(15)11-13/h1-11,23-24H. The second kappa shape index (κ2) is 4.74.